The molecule has 2 aliphatic heterocycles. The predicted octanol–water partition coefficient (Wildman–Crippen LogP) is 6.26. The van der Waals surface area contributed by atoms with Crippen LogP contribution in [-0.4, -0.2) is 54.8 Å². The van der Waals surface area contributed by atoms with Crippen molar-refractivity contribution in [2.24, 2.45) is 23.7 Å². The van der Waals surface area contributed by atoms with E-state index < -0.39 is 35.0 Å². The Morgan fingerprint density at radius 1 is 0.712 bits per heavy atom. The molecule has 1 saturated carbocycles. The van der Waals surface area contributed by atoms with Crippen LogP contribution in [0.2, 0.25) is 0 Å². The zero-order valence-electron chi connectivity index (χ0n) is 28.6. The van der Waals surface area contributed by atoms with Gasteiger partial charge in [0, 0.05) is 36.2 Å². The maximum absolute atomic E-state index is 15.1. The van der Waals surface area contributed by atoms with Gasteiger partial charge in [-0.15, -0.1) is 0 Å². The number of allylic oxidation sites excluding steroid dienone is 4. The first kappa shape index (κ1) is 32.3. The molecule has 8 heteroatoms. The van der Waals surface area contributed by atoms with Crippen LogP contribution in [0.3, 0.4) is 0 Å². The summed E-state index contributed by atoms with van der Waals surface area (Å²) in [5.74, 6) is -3.89. The second-order valence-corrected chi connectivity index (χ2v) is 14.5. The fraction of sp³-hybridized carbons (Fsp3) is 0.273. The van der Waals surface area contributed by atoms with Crippen molar-refractivity contribution in [2.75, 3.05) is 36.1 Å². The van der Waals surface area contributed by atoms with E-state index in [1.165, 1.54) is 11.0 Å². The first-order valence-corrected chi connectivity index (χ1v) is 18.1. The van der Waals surface area contributed by atoms with E-state index in [-0.39, 0.29) is 35.6 Å². The van der Waals surface area contributed by atoms with Crippen molar-refractivity contribution in [1.82, 2.24) is 0 Å². The van der Waals surface area contributed by atoms with E-state index in [0.717, 1.165) is 35.5 Å². The molecule has 2 saturated heterocycles. The van der Waals surface area contributed by atoms with E-state index >= 15 is 9.59 Å². The van der Waals surface area contributed by atoms with Gasteiger partial charge in [-0.1, -0.05) is 84.4 Å². The second kappa shape index (κ2) is 12.6. The minimum Gasteiger partial charge on any atom is -0.508 e. The summed E-state index contributed by atoms with van der Waals surface area (Å²) in [4.78, 5) is 62.6. The number of rotatable bonds is 5. The summed E-state index contributed by atoms with van der Waals surface area (Å²) < 4.78 is 5.50. The maximum atomic E-state index is 15.1. The standard InChI is InChI=1S/C44H38N2O6/c47-32-17-11-28(12-18-32)40-33-19-20-34-39(43(51)46(42(34)50)31-15-13-30(14-16-31)45-21-23-52-24-22-45)36(33)25-37-41(49)35(27-7-3-1-4-8-27)26-38(48)44(37,40)29-9-5-2-6-10-29/h1-19,26,34,36-37,39-40,47H,20-25H2. The fourth-order valence-corrected chi connectivity index (χ4v) is 9.80. The van der Waals surface area contributed by atoms with E-state index in [1.807, 2.05) is 97.1 Å². The molecule has 52 heavy (non-hydrogen) atoms. The number of fused-ring (bicyclic) bond motifs is 4. The summed E-state index contributed by atoms with van der Waals surface area (Å²) >= 11 is 0. The first-order valence-electron chi connectivity index (χ1n) is 18.1. The summed E-state index contributed by atoms with van der Waals surface area (Å²) in [6, 6.07) is 33.2. The molecular weight excluding hydrogens is 652 g/mol. The number of anilines is 2. The number of benzene rings is 4. The van der Waals surface area contributed by atoms with Crippen molar-refractivity contribution in [3.63, 3.8) is 0 Å². The molecule has 0 radical (unpaired) electrons. The SMILES string of the molecule is O=C1C(c2ccccc2)=CC(=O)C2(c3ccccc3)C1CC1C(=CCC3C(=O)N(c4ccc(N5CCOCC5)cc4)C(=O)C31)C2c1ccc(O)cc1. The average molecular weight is 691 g/mol. The minimum absolute atomic E-state index is 0.0864. The Morgan fingerprint density at radius 2 is 1.37 bits per heavy atom. The number of aromatic hydroxyl groups is 1. The molecule has 260 valence electrons. The second-order valence-electron chi connectivity index (χ2n) is 14.5. The van der Waals surface area contributed by atoms with Gasteiger partial charge >= 0.3 is 0 Å². The summed E-state index contributed by atoms with van der Waals surface area (Å²) in [5.41, 5.74) is 3.68. The predicted molar refractivity (Wildman–Crippen MR) is 197 cm³/mol. The van der Waals surface area contributed by atoms with Gasteiger partial charge in [0.15, 0.2) is 11.6 Å². The minimum atomic E-state index is -1.30. The molecular formula is C44H38N2O6. The molecule has 2 heterocycles. The number of hydrogen-bond donors (Lipinski definition) is 1. The van der Waals surface area contributed by atoms with Gasteiger partial charge in [-0.3, -0.25) is 24.1 Å². The Morgan fingerprint density at radius 3 is 2.06 bits per heavy atom. The van der Waals surface area contributed by atoms with Crippen molar-refractivity contribution < 1.29 is 29.0 Å². The van der Waals surface area contributed by atoms with Crippen LogP contribution in [0.1, 0.15) is 35.4 Å². The molecule has 0 spiro atoms. The highest BCUT2D eigenvalue weighted by Crippen LogP contribution is 2.63. The van der Waals surface area contributed by atoms with Crippen LogP contribution in [0.15, 0.2) is 127 Å². The summed E-state index contributed by atoms with van der Waals surface area (Å²) in [5, 5.41) is 10.3. The molecule has 4 aromatic carbocycles. The van der Waals surface area contributed by atoms with Gasteiger partial charge in [-0.25, -0.2) is 0 Å². The summed E-state index contributed by atoms with van der Waals surface area (Å²) in [6.45, 7) is 2.85. The highest BCUT2D eigenvalue weighted by Gasteiger charge is 2.66. The normalized spacial score (nSPS) is 28.5. The Hall–Kier alpha value is -5.60. The van der Waals surface area contributed by atoms with Crippen LogP contribution in [0.4, 0.5) is 11.4 Å². The number of carbonyl (C=O) groups excluding carboxylic acids is 4. The van der Waals surface area contributed by atoms with Crippen molar-refractivity contribution in [3.05, 3.63) is 144 Å². The topological polar surface area (TPSA) is 104 Å². The van der Waals surface area contributed by atoms with Crippen LogP contribution >= 0.6 is 0 Å². The Balaban J connectivity index is 1.17. The lowest BCUT2D eigenvalue weighted by atomic mass is 9.44. The third kappa shape index (κ3) is 4.84. The first-order chi connectivity index (χ1) is 25.4. The zero-order chi connectivity index (χ0) is 35.6. The number of amides is 2. The molecule has 1 N–H and O–H groups in total. The molecule has 2 amide bonds. The number of nitrogens with zero attached hydrogens (tertiary/aromatic N) is 2. The number of ketones is 2. The Bertz CT molecular complexity index is 2140. The molecule has 4 aromatic rings. The maximum Gasteiger partial charge on any atom is 0.238 e. The van der Waals surface area contributed by atoms with Gasteiger partial charge in [0.25, 0.3) is 0 Å². The number of phenols is 1. The highest BCUT2D eigenvalue weighted by atomic mass is 16.5. The molecule has 0 aromatic heterocycles. The van der Waals surface area contributed by atoms with Crippen LogP contribution in [0.5, 0.6) is 5.75 Å². The van der Waals surface area contributed by atoms with Gasteiger partial charge in [0.05, 0.1) is 36.2 Å². The third-order valence-electron chi connectivity index (χ3n) is 12.1. The largest absolute Gasteiger partial charge is 0.508 e. The van der Waals surface area contributed by atoms with E-state index in [2.05, 4.69) is 11.0 Å². The number of hydrogen-bond acceptors (Lipinski definition) is 7. The molecule has 3 fully saturated rings. The highest BCUT2D eigenvalue weighted by molar-refractivity contribution is 6.32. The van der Waals surface area contributed by atoms with Crippen molar-refractivity contribution in [1.29, 1.82) is 0 Å². The van der Waals surface area contributed by atoms with Crippen LogP contribution < -0.4 is 9.80 Å². The molecule has 0 bridgehead atoms. The monoisotopic (exact) mass is 690 g/mol. The number of Topliss-reactive ketones (excluding diaryl/α,β-unsaturated/α-hetero) is 1. The number of morpholine rings is 1. The third-order valence-corrected chi connectivity index (χ3v) is 12.1. The van der Waals surface area contributed by atoms with E-state index in [0.29, 0.717) is 36.5 Å². The molecule has 3 aliphatic carbocycles. The quantitative estimate of drug-likeness (QED) is 0.195. The van der Waals surface area contributed by atoms with E-state index in [9.17, 15) is 14.7 Å². The van der Waals surface area contributed by atoms with E-state index in [4.69, 9.17) is 4.74 Å². The smallest absolute Gasteiger partial charge is 0.238 e. The molecule has 9 rings (SSSR count). The lowest BCUT2D eigenvalue weighted by molar-refractivity contribution is -0.135. The Labute approximate surface area is 302 Å². The van der Waals surface area contributed by atoms with Gasteiger partial charge in [-0.2, -0.15) is 0 Å². The van der Waals surface area contributed by atoms with Crippen LogP contribution in [0.25, 0.3) is 5.57 Å². The van der Waals surface area contributed by atoms with Crippen LogP contribution in [-0.2, 0) is 29.3 Å². The number of imide groups is 1. The lowest BCUT2D eigenvalue weighted by Crippen LogP contribution is -2.58. The fourth-order valence-electron chi connectivity index (χ4n) is 9.80. The number of carbonyl (C=O) groups is 4. The zero-order valence-corrected chi connectivity index (χ0v) is 28.6. The van der Waals surface area contributed by atoms with Gasteiger partial charge in [-0.05, 0) is 77.9 Å². The lowest BCUT2D eigenvalue weighted by Gasteiger charge is -2.55. The van der Waals surface area contributed by atoms with Gasteiger partial charge in [0.2, 0.25) is 11.8 Å². The van der Waals surface area contributed by atoms with Crippen molar-refractivity contribution >= 4 is 40.3 Å². The molecule has 8 nitrogen and oxygen atoms in total. The van der Waals surface area contributed by atoms with Crippen molar-refractivity contribution in [3.8, 4) is 5.75 Å². The summed E-state index contributed by atoms with van der Waals surface area (Å²) in [6.07, 6.45) is 4.18. The van der Waals surface area contributed by atoms with Crippen molar-refractivity contribution in [2.45, 2.75) is 24.2 Å². The molecule has 6 unspecified atom stereocenters. The number of phenolic OH excluding ortho intramolecular Hbond substituents is 1. The molecule has 6 atom stereocenters. The Kier molecular flexibility index (Phi) is 7.81. The van der Waals surface area contributed by atoms with E-state index in [1.54, 1.807) is 12.1 Å². The number of ether oxygens (including phenoxy) is 1. The average Bonchev–Trinajstić information content (AvgIpc) is 3.45. The van der Waals surface area contributed by atoms with Crippen LogP contribution in [0, 0.1) is 23.7 Å². The van der Waals surface area contributed by atoms with Gasteiger partial charge in [0.1, 0.15) is 5.75 Å². The molecule has 5 aliphatic rings. The summed E-state index contributed by atoms with van der Waals surface area (Å²) in [7, 11) is 0. The van der Waals surface area contributed by atoms with Gasteiger partial charge < -0.3 is 14.7 Å².